The molecule has 2 N–H and O–H groups in total. The van der Waals surface area contributed by atoms with Crippen LogP contribution in [-0.4, -0.2) is 24.5 Å². The number of benzene rings is 3. The third-order valence-corrected chi connectivity index (χ3v) is 6.07. The Morgan fingerprint density at radius 3 is 2.34 bits per heavy atom. The summed E-state index contributed by atoms with van der Waals surface area (Å²) in [6.45, 7) is 1.80. The fourth-order valence-electron chi connectivity index (χ4n) is 3.01. The molecule has 0 bridgehead atoms. The van der Waals surface area contributed by atoms with Gasteiger partial charge in [0.1, 0.15) is 0 Å². The molecule has 0 radical (unpaired) electrons. The largest absolute Gasteiger partial charge is 0.343 e. The van der Waals surface area contributed by atoms with Gasteiger partial charge >= 0.3 is 0 Å². The Morgan fingerprint density at radius 1 is 0.969 bits per heavy atom. The van der Waals surface area contributed by atoms with Crippen molar-refractivity contribution in [3.05, 3.63) is 95.9 Å². The molecule has 32 heavy (non-hydrogen) atoms. The highest BCUT2D eigenvalue weighted by atomic mass is 32.2. The molecule has 1 aromatic heterocycles. The number of aromatic nitrogens is 2. The first kappa shape index (κ1) is 21.3. The van der Waals surface area contributed by atoms with E-state index in [9.17, 15) is 13.2 Å². The van der Waals surface area contributed by atoms with Gasteiger partial charge in [0.25, 0.3) is 15.9 Å². The van der Waals surface area contributed by atoms with Crippen LogP contribution in [0, 0.1) is 6.92 Å². The molecule has 162 valence electrons. The summed E-state index contributed by atoms with van der Waals surface area (Å²) >= 11 is 0. The molecule has 0 aliphatic carbocycles. The summed E-state index contributed by atoms with van der Waals surface area (Å²) in [4.78, 5) is 17.0. The summed E-state index contributed by atoms with van der Waals surface area (Å²) in [7, 11) is -3.71. The third-order valence-electron chi connectivity index (χ3n) is 4.69. The molecule has 3 aromatic carbocycles. The Bertz CT molecular complexity index is 1340. The van der Waals surface area contributed by atoms with Gasteiger partial charge in [0.05, 0.1) is 17.1 Å². The van der Waals surface area contributed by atoms with E-state index < -0.39 is 10.0 Å². The highest BCUT2D eigenvalue weighted by Gasteiger charge is 2.16. The van der Waals surface area contributed by atoms with E-state index in [-0.39, 0.29) is 23.2 Å². The average Bonchev–Trinajstić information content (AvgIpc) is 3.29. The Morgan fingerprint density at radius 2 is 1.66 bits per heavy atom. The topological polar surface area (TPSA) is 114 Å². The van der Waals surface area contributed by atoms with Crippen LogP contribution in [0.25, 0.3) is 11.4 Å². The van der Waals surface area contributed by atoms with E-state index in [0.29, 0.717) is 22.6 Å². The maximum Gasteiger partial charge on any atom is 0.261 e. The van der Waals surface area contributed by atoms with Gasteiger partial charge in [0.2, 0.25) is 11.7 Å². The Labute approximate surface area is 185 Å². The van der Waals surface area contributed by atoms with Gasteiger partial charge in [-0.2, -0.15) is 4.98 Å². The number of nitrogens with zero attached hydrogens (tertiary/aromatic N) is 2. The lowest BCUT2D eigenvalue weighted by Crippen LogP contribution is -2.23. The normalized spacial score (nSPS) is 11.2. The maximum atomic E-state index is 12.5. The van der Waals surface area contributed by atoms with Gasteiger partial charge in [-0.05, 0) is 42.8 Å². The number of aryl methyl sites for hydroxylation is 1. The zero-order chi connectivity index (χ0) is 22.6. The Balaban J connectivity index is 1.41. The van der Waals surface area contributed by atoms with Gasteiger partial charge in [-0.1, -0.05) is 53.7 Å². The van der Waals surface area contributed by atoms with Crippen molar-refractivity contribution < 1.29 is 17.7 Å². The molecule has 0 saturated heterocycles. The number of hydrogen-bond donors (Lipinski definition) is 2. The summed E-state index contributed by atoms with van der Waals surface area (Å²) < 4.78 is 32.8. The molecule has 4 aromatic rings. The van der Waals surface area contributed by atoms with E-state index in [1.807, 2.05) is 30.3 Å². The van der Waals surface area contributed by atoms with Crippen molar-refractivity contribution in [2.75, 3.05) is 4.72 Å². The second-order valence-electron chi connectivity index (χ2n) is 7.01. The molecule has 0 aliphatic heterocycles. The molecule has 1 heterocycles. The SMILES string of the molecule is Cc1cc(C(=O)NCc2nc(-c3ccccc3)no2)ccc1NS(=O)(=O)c1ccccc1. The number of nitrogens with one attached hydrogen (secondary N) is 2. The molecular formula is C23H20N4O4S. The van der Waals surface area contributed by atoms with Crippen molar-refractivity contribution in [3.63, 3.8) is 0 Å². The number of anilines is 1. The molecule has 0 fully saturated rings. The van der Waals surface area contributed by atoms with Crippen LogP contribution in [0.5, 0.6) is 0 Å². The second-order valence-corrected chi connectivity index (χ2v) is 8.69. The number of sulfonamides is 1. The molecule has 0 spiro atoms. The Kier molecular flexibility index (Phi) is 6.00. The van der Waals surface area contributed by atoms with E-state index >= 15 is 0 Å². The fourth-order valence-corrected chi connectivity index (χ4v) is 4.16. The summed E-state index contributed by atoms with van der Waals surface area (Å²) in [5.74, 6) is 0.381. The van der Waals surface area contributed by atoms with Crippen LogP contribution in [-0.2, 0) is 16.6 Å². The lowest BCUT2D eigenvalue weighted by Gasteiger charge is -2.12. The standard InChI is InChI=1S/C23H20N4O4S/c1-16-14-18(12-13-20(16)27-32(29,30)19-10-6-3-7-11-19)23(28)24-15-21-25-22(26-31-21)17-8-4-2-5-9-17/h2-14,27H,15H2,1H3,(H,24,28). The summed E-state index contributed by atoms with van der Waals surface area (Å²) in [6.07, 6.45) is 0. The minimum Gasteiger partial charge on any atom is -0.343 e. The third kappa shape index (κ3) is 4.84. The van der Waals surface area contributed by atoms with Gasteiger partial charge in [0, 0.05) is 11.1 Å². The molecule has 0 aliphatic rings. The van der Waals surface area contributed by atoms with Gasteiger partial charge in [0.15, 0.2) is 0 Å². The number of amides is 1. The van der Waals surface area contributed by atoms with Gasteiger partial charge in [-0.25, -0.2) is 8.42 Å². The predicted molar refractivity (Wildman–Crippen MR) is 119 cm³/mol. The fraction of sp³-hybridized carbons (Fsp3) is 0.0870. The highest BCUT2D eigenvalue weighted by Crippen LogP contribution is 2.21. The first-order chi connectivity index (χ1) is 15.4. The number of carbonyl (C=O) groups excluding carboxylic acids is 1. The van der Waals surface area contributed by atoms with Crippen molar-refractivity contribution in [2.24, 2.45) is 0 Å². The lowest BCUT2D eigenvalue weighted by atomic mass is 10.1. The first-order valence-electron chi connectivity index (χ1n) is 9.77. The highest BCUT2D eigenvalue weighted by molar-refractivity contribution is 7.92. The van der Waals surface area contributed by atoms with Gasteiger partial charge in [-0.3, -0.25) is 9.52 Å². The minimum absolute atomic E-state index is 0.0695. The predicted octanol–water partition coefficient (Wildman–Crippen LogP) is 3.78. The zero-order valence-corrected chi connectivity index (χ0v) is 18.0. The molecule has 0 atom stereocenters. The van der Waals surface area contributed by atoms with Crippen molar-refractivity contribution in [1.29, 1.82) is 0 Å². The molecule has 9 heteroatoms. The summed E-state index contributed by atoms with van der Waals surface area (Å²) in [5.41, 5.74) is 2.21. The van der Waals surface area contributed by atoms with Crippen molar-refractivity contribution in [1.82, 2.24) is 15.5 Å². The molecule has 8 nitrogen and oxygen atoms in total. The molecule has 0 unspecified atom stereocenters. The molecule has 4 rings (SSSR count). The summed E-state index contributed by atoms with van der Waals surface area (Å²) in [6, 6.07) is 22.2. The maximum absolute atomic E-state index is 12.5. The monoisotopic (exact) mass is 448 g/mol. The van der Waals surface area contributed by atoms with E-state index in [0.717, 1.165) is 5.56 Å². The molecule has 1 amide bonds. The van der Waals surface area contributed by atoms with E-state index in [4.69, 9.17) is 4.52 Å². The minimum atomic E-state index is -3.71. The van der Waals surface area contributed by atoms with Crippen LogP contribution in [0.1, 0.15) is 21.8 Å². The first-order valence-corrected chi connectivity index (χ1v) is 11.3. The van der Waals surface area contributed by atoms with Gasteiger partial charge in [-0.15, -0.1) is 0 Å². The number of carbonyl (C=O) groups is 1. The van der Waals surface area contributed by atoms with Crippen LogP contribution in [0.4, 0.5) is 5.69 Å². The lowest BCUT2D eigenvalue weighted by molar-refractivity contribution is 0.0946. The number of hydrogen-bond acceptors (Lipinski definition) is 6. The molecule has 0 saturated carbocycles. The average molecular weight is 449 g/mol. The summed E-state index contributed by atoms with van der Waals surface area (Å²) in [5, 5.41) is 6.65. The van der Waals surface area contributed by atoms with E-state index in [1.165, 1.54) is 12.1 Å². The van der Waals surface area contributed by atoms with E-state index in [1.54, 1.807) is 43.3 Å². The van der Waals surface area contributed by atoms with Crippen molar-refractivity contribution >= 4 is 21.6 Å². The quantitative estimate of drug-likeness (QED) is 0.445. The zero-order valence-electron chi connectivity index (χ0n) is 17.1. The van der Waals surface area contributed by atoms with Crippen LogP contribution in [0.3, 0.4) is 0 Å². The van der Waals surface area contributed by atoms with Crippen LogP contribution >= 0.6 is 0 Å². The van der Waals surface area contributed by atoms with Crippen LogP contribution in [0.15, 0.2) is 88.3 Å². The second kappa shape index (κ2) is 9.03. The van der Waals surface area contributed by atoms with Crippen LogP contribution in [0.2, 0.25) is 0 Å². The smallest absolute Gasteiger partial charge is 0.261 e. The van der Waals surface area contributed by atoms with Crippen molar-refractivity contribution in [2.45, 2.75) is 18.4 Å². The number of rotatable bonds is 7. The van der Waals surface area contributed by atoms with Crippen LogP contribution < -0.4 is 10.0 Å². The molecular weight excluding hydrogens is 428 g/mol. The van der Waals surface area contributed by atoms with Gasteiger partial charge < -0.3 is 9.84 Å². The van der Waals surface area contributed by atoms with Crippen molar-refractivity contribution in [3.8, 4) is 11.4 Å². The Hall–Kier alpha value is -3.98. The van der Waals surface area contributed by atoms with E-state index in [2.05, 4.69) is 20.2 Å².